The second-order valence-corrected chi connectivity index (χ2v) is 6.94. The standard InChI is InChI=1S/C13H21N3O3S/c1-9(2)16-13(17)6-7-15-12-5-4-10(8-11(12)14)20(3,18)19/h4-5,8-9,15H,6-7,14H2,1-3H3,(H,16,17). The van der Waals surface area contributed by atoms with Gasteiger partial charge in [0.2, 0.25) is 5.91 Å². The van der Waals surface area contributed by atoms with Crippen molar-refractivity contribution in [3.05, 3.63) is 18.2 Å². The van der Waals surface area contributed by atoms with Crippen LogP contribution in [0.25, 0.3) is 0 Å². The molecule has 1 rings (SSSR count). The zero-order valence-corrected chi connectivity index (χ0v) is 12.8. The molecule has 0 fully saturated rings. The Morgan fingerprint density at radius 2 is 2.00 bits per heavy atom. The molecule has 4 N–H and O–H groups in total. The van der Waals surface area contributed by atoms with Crippen molar-refractivity contribution in [1.29, 1.82) is 0 Å². The van der Waals surface area contributed by atoms with Crippen molar-refractivity contribution in [2.24, 2.45) is 0 Å². The highest BCUT2D eigenvalue weighted by molar-refractivity contribution is 7.90. The summed E-state index contributed by atoms with van der Waals surface area (Å²) in [6, 6.07) is 4.61. The minimum atomic E-state index is -3.26. The number of benzene rings is 1. The van der Waals surface area contributed by atoms with Gasteiger partial charge in [-0.2, -0.15) is 0 Å². The van der Waals surface area contributed by atoms with Crippen LogP contribution in [0.5, 0.6) is 0 Å². The number of amides is 1. The van der Waals surface area contributed by atoms with E-state index in [1.165, 1.54) is 12.1 Å². The molecule has 1 aromatic rings. The minimum absolute atomic E-state index is 0.0428. The summed E-state index contributed by atoms with van der Waals surface area (Å²) in [7, 11) is -3.26. The van der Waals surface area contributed by atoms with Crippen molar-refractivity contribution in [1.82, 2.24) is 5.32 Å². The van der Waals surface area contributed by atoms with E-state index in [9.17, 15) is 13.2 Å². The van der Waals surface area contributed by atoms with Gasteiger partial charge in [-0.25, -0.2) is 8.42 Å². The number of hydrogen-bond acceptors (Lipinski definition) is 5. The molecule has 0 unspecified atom stereocenters. The van der Waals surface area contributed by atoms with Gasteiger partial charge in [0.1, 0.15) is 0 Å². The van der Waals surface area contributed by atoms with E-state index in [2.05, 4.69) is 10.6 Å². The number of nitrogen functional groups attached to an aromatic ring is 1. The number of sulfone groups is 1. The molecular weight excluding hydrogens is 278 g/mol. The van der Waals surface area contributed by atoms with Gasteiger partial charge in [0.25, 0.3) is 0 Å². The predicted molar refractivity (Wildman–Crippen MR) is 80.3 cm³/mol. The normalized spacial score (nSPS) is 11.4. The number of anilines is 2. The molecule has 0 saturated heterocycles. The molecular formula is C13H21N3O3S. The van der Waals surface area contributed by atoms with Crippen LogP contribution in [0.4, 0.5) is 11.4 Å². The molecule has 0 saturated carbocycles. The quantitative estimate of drug-likeness (QED) is 0.680. The zero-order chi connectivity index (χ0) is 15.3. The average molecular weight is 299 g/mol. The van der Waals surface area contributed by atoms with Crippen LogP contribution in [-0.2, 0) is 14.6 Å². The van der Waals surface area contributed by atoms with E-state index in [1.54, 1.807) is 6.07 Å². The van der Waals surface area contributed by atoms with Gasteiger partial charge in [0.05, 0.1) is 16.3 Å². The van der Waals surface area contributed by atoms with Gasteiger partial charge in [-0.15, -0.1) is 0 Å². The summed E-state index contributed by atoms with van der Waals surface area (Å²) >= 11 is 0. The monoisotopic (exact) mass is 299 g/mol. The molecule has 0 spiro atoms. The molecule has 0 aliphatic heterocycles. The Balaban J connectivity index is 2.60. The largest absolute Gasteiger partial charge is 0.397 e. The molecule has 0 aliphatic carbocycles. The number of nitrogens with two attached hydrogens (primary N) is 1. The van der Waals surface area contributed by atoms with E-state index in [0.29, 0.717) is 24.3 Å². The van der Waals surface area contributed by atoms with Crippen LogP contribution in [-0.4, -0.2) is 33.2 Å². The molecule has 6 nitrogen and oxygen atoms in total. The third-order valence-corrected chi connectivity index (χ3v) is 3.68. The summed E-state index contributed by atoms with van der Waals surface area (Å²) in [6.07, 6.45) is 1.45. The van der Waals surface area contributed by atoms with Crippen LogP contribution in [0, 0.1) is 0 Å². The van der Waals surface area contributed by atoms with Crippen LogP contribution in [0.15, 0.2) is 23.1 Å². The lowest BCUT2D eigenvalue weighted by Gasteiger charge is -2.11. The minimum Gasteiger partial charge on any atom is -0.397 e. The maximum atomic E-state index is 11.5. The lowest BCUT2D eigenvalue weighted by Crippen LogP contribution is -2.31. The van der Waals surface area contributed by atoms with Crippen LogP contribution in [0.2, 0.25) is 0 Å². The number of carbonyl (C=O) groups excluding carboxylic acids is 1. The molecule has 0 bridgehead atoms. The topological polar surface area (TPSA) is 101 Å². The maximum absolute atomic E-state index is 11.5. The van der Waals surface area contributed by atoms with Gasteiger partial charge < -0.3 is 16.4 Å². The van der Waals surface area contributed by atoms with E-state index in [-0.39, 0.29) is 16.8 Å². The molecule has 20 heavy (non-hydrogen) atoms. The Morgan fingerprint density at radius 3 is 2.50 bits per heavy atom. The third-order valence-electron chi connectivity index (χ3n) is 2.57. The Labute approximate surface area is 119 Å². The van der Waals surface area contributed by atoms with E-state index in [0.717, 1.165) is 6.26 Å². The van der Waals surface area contributed by atoms with Crippen LogP contribution in [0.1, 0.15) is 20.3 Å². The highest BCUT2D eigenvalue weighted by Crippen LogP contribution is 2.22. The highest BCUT2D eigenvalue weighted by atomic mass is 32.2. The van der Waals surface area contributed by atoms with Crippen LogP contribution in [0.3, 0.4) is 0 Å². The SMILES string of the molecule is CC(C)NC(=O)CCNc1ccc(S(C)(=O)=O)cc1N. The fourth-order valence-corrected chi connectivity index (χ4v) is 2.29. The Bertz CT molecular complexity index is 583. The Hall–Kier alpha value is -1.76. The molecule has 0 heterocycles. The maximum Gasteiger partial charge on any atom is 0.221 e. The first kappa shape index (κ1) is 16.3. The number of rotatable bonds is 6. The molecule has 0 atom stereocenters. The van der Waals surface area contributed by atoms with Crippen molar-refractivity contribution in [3.63, 3.8) is 0 Å². The smallest absolute Gasteiger partial charge is 0.221 e. The molecule has 0 aromatic heterocycles. The van der Waals surface area contributed by atoms with Crippen molar-refractivity contribution < 1.29 is 13.2 Å². The lowest BCUT2D eigenvalue weighted by molar-refractivity contribution is -0.121. The Morgan fingerprint density at radius 1 is 1.35 bits per heavy atom. The second-order valence-electron chi connectivity index (χ2n) is 4.92. The molecule has 1 aromatic carbocycles. The van der Waals surface area contributed by atoms with Crippen molar-refractivity contribution in [2.45, 2.75) is 31.2 Å². The summed E-state index contributed by atoms with van der Waals surface area (Å²) < 4.78 is 22.7. The fraction of sp³-hybridized carbons (Fsp3) is 0.462. The third kappa shape index (κ3) is 5.08. The summed E-state index contributed by atoms with van der Waals surface area (Å²) in [5.74, 6) is -0.0428. The van der Waals surface area contributed by atoms with Crippen molar-refractivity contribution in [3.8, 4) is 0 Å². The van der Waals surface area contributed by atoms with Crippen molar-refractivity contribution in [2.75, 3.05) is 23.9 Å². The van der Waals surface area contributed by atoms with Gasteiger partial charge in [-0.05, 0) is 32.0 Å². The van der Waals surface area contributed by atoms with E-state index in [1.807, 2.05) is 13.8 Å². The van der Waals surface area contributed by atoms with Gasteiger partial charge in [0, 0.05) is 25.3 Å². The highest BCUT2D eigenvalue weighted by Gasteiger charge is 2.09. The van der Waals surface area contributed by atoms with Crippen molar-refractivity contribution >= 4 is 27.1 Å². The average Bonchev–Trinajstić information content (AvgIpc) is 2.28. The molecule has 0 aliphatic rings. The van der Waals surface area contributed by atoms with Gasteiger partial charge in [-0.1, -0.05) is 0 Å². The van der Waals surface area contributed by atoms with Gasteiger partial charge in [-0.3, -0.25) is 4.79 Å². The Kier molecular flexibility index (Phi) is 5.38. The molecule has 7 heteroatoms. The summed E-state index contributed by atoms with van der Waals surface area (Å²) in [5.41, 5.74) is 6.75. The molecule has 112 valence electrons. The van der Waals surface area contributed by atoms with E-state index < -0.39 is 9.84 Å². The van der Waals surface area contributed by atoms with E-state index in [4.69, 9.17) is 5.73 Å². The summed E-state index contributed by atoms with van der Waals surface area (Å²) in [5, 5.41) is 5.80. The number of hydrogen-bond donors (Lipinski definition) is 3. The first-order valence-corrected chi connectivity index (χ1v) is 8.22. The second kappa shape index (κ2) is 6.60. The lowest BCUT2D eigenvalue weighted by atomic mass is 10.2. The fourth-order valence-electron chi connectivity index (χ4n) is 1.64. The first-order valence-electron chi connectivity index (χ1n) is 6.33. The zero-order valence-electron chi connectivity index (χ0n) is 11.9. The van der Waals surface area contributed by atoms with E-state index >= 15 is 0 Å². The van der Waals surface area contributed by atoms with Gasteiger partial charge in [0.15, 0.2) is 9.84 Å². The molecule has 0 radical (unpaired) electrons. The molecule has 1 amide bonds. The summed E-state index contributed by atoms with van der Waals surface area (Å²) in [6.45, 7) is 4.22. The van der Waals surface area contributed by atoms with Crippen LogP contribution < -0.4 is 16.4 Å². The number of carbonyl (C=O) groups is 1. The van der Waals surface area contributed by atoms with Crippen LogP contribution >= 0.6 is 0 Å². The number of nitrogens with one attached hydrogen (secondary N) is 2. The predicted octanol–water partition coefficient (Wildman–Crippen LogP) is 0.999. The first-order chi connectivity index (χ1) is 9.20. The summed E-state index contributed by atoms with van der Waals surface area (Å²) in [4.78, 5) is 11.6. The van der Waals surface area contributed by atoms with Gasteiger partial charge >= 0.3 is 0 Å².